The molecule has 0 heterocycles. The number of hydrogen-bond acceptors (Lipinski definition) is 0. The Morgan fingerprint density at radius 2 is 2.17 bits per heavy atom. The predicted molar refractivity (Wildman–Crippen MR) is 32.5 cm³/mol. The van der Waals surface area contributed by atoms with E-state index in [1.54, 1.807) is 0 Å². The van der Waals surface area contributed by atoms with Crippen molar-refractivity contribution in [2.75, 3.05) is 0 Å². The Balaban J connectivity index is 0. The monoisotopic (exact) mass is 114 g/mol. The van der Waals surface area contributed by atoms with Crippen LogP contribution in [-0.4, -0.2) is 23.1 Å². The van der Waals surface area contributed by atoms with Crippen LogP contribution in [0.2, 0.25) is 0 Å². The molecule has 0 spiro atoms. The van der Waals surface area contributed by atoms with Crippen LogP contribution in [-0.2, 0) is 0 Å². The first-order valence-electron chi connectivity index (χ1n) is 1.50. The van der Waals surface area contributed by atoms with E-state index in [0.29, 0.717) is 0 Å². The van der Waals surface area contributed by atoms with E-state index in [-0.39, 0.29) is 23.1 Å². The molecule has 0 aliphatic rings. The zero-order valence-electron chi connectivity index (χ0n) is 3.09. The van der Waals surface area contributed by atoms with Crippen LogP contribution in [0.3, 0.4) is 0 Å². The lowest BCUT2D eigenvalue weighted by atomic mass is 10.5. The summed E-state index contributed by atoms with van der Waals surface area (Å²) < 4.78 is 0. The lowest BCUT2D eigenvalue weighted by Crippen LogP contribution is -1.42. The average Bonchev–Trinajstić information content (AvgIpc) is 1.41. The van der Waals surface area contributed by atoms with Gasteiger partial charge in [0.15, 0.2) is 0 Å². The Bertz CT molecular complexity index is 59.7. The summed E-state index contributed by atoms with van der Waals surface area (Å²) in [5.41, 5.74) is 0. The molecule has 0 fully saturated rings. The Hall–Kier alpha value is 0.616. The van der Waals surface area contributed by atoms with Crippen LogP contribution < -0.4 is 0 Å². The Kier molecular flexibility index (Phi) is 14.9. The maximum atomic E-state index is 4.94. The van der Waals surface area contributed by atoms with Gasteiger partial charge in [0.05, 0.1) is 0 Å². The van der Waals surface area contributed by atoms with Crippen molar-refractivity contribution in [2.45, 2.75) is 13.3 Å². The molecule has 32 valence electrons. The van der Waals surface area contributed by atoms with E-state index in [0.717, 1.165) is 6.42 Å². The van der Waals surface area contributed by atoms with Gasteiger partial charge in [-0.3, -0.25) is 0 Å². The SMILES string of the molecule is CCC#CCl.[MgH2]. The largest absolute Gasteiger partial charge is 0.316 e. The molecule has 0 aromatic carbocycles. The van der Waals surface area contributed by atoms with E-state index in [1.807, 2.05) is 6.92 Å². The van der Waals surface area contributed by atoms with Gasteiger partial charge in [0.1, 0.15) is 0 Å². The molecule has 0 saturated heterocycles. The molecule has 0 aliphatic heterocycles. The van der Waals surface area contributed by atoms with Crippen LogP contribution in [0.15, 0.2) is 0 Å². The first-order chi connectivity index (χ1) is 2.41. The van der Waals surface area contributed by atoms with E-state index in [2.05, 4.69) is 11.3 Å². The van der Waals surface area contributed by atoms with Gasteiger partial charge in [0.2, 0.25) is 0 Å². The van der Waals surface area contributed by atoms with E-state index < -0.39 is 0 Å². The molecule has 0 unspecified atom stereocenters. The molecule has 0 saturated carbocycles. The molecule has 0 amide bonds. The van der Waals surface area contributed by atoms with Crippen molar-refractivity contribution in [3.05, 3.63) is 0 Å². The highest BCUT2D eigenvalue weighted by atomic mass is 35.5. The lowest BCUT2D eigenvalue weighted by molar-refractivity contribution is 1.28. The van der Waals surface area contributed by atoms with Crippen LogP contribution in [0.1, 0.15) is 13.3 Å². The molecule has 2 heteroatoms. The highest BCUT2D eigenvalue weighted by Gasteiger charge is 1.50. The van der Waals surface area contributed by atoms with Gasteiger partial charge in [0, 0.05) is 11.8 Å². The minimum atomic E-state index is 0. The van der Waals surface area contributed by atoms with Crippen LogP contribution in [0.5, 0.6) is 0 Å². The van der Waals surface area contributed by atoms with Gasteiger partial charge in [-0.15, -0.1) is 0 Å². The second kappa shape index (κ2) is 9.15. The van der Waals surface area contributed by atoms with Gasteiger partial charge in [-0.1, -0.05) is 12.8 Å². The number of rotatable bonds is 0. The Morgan fingerprint density at radius 3 is 2.17 bits per heavy atom. The van der Waals surface area contributed by atoms with Gasteiger partial charge in [-0.25, -0.2) is 0 Å². The lowest BCUT2D eigenvalue weighted by Gasteiger charge is -1.56. The summed E-state index contributed by atoms with van der Waals surface area (Å²) in [6.07, 6.45) is 0.851. The summed E-state index contributed by atoms with van der Waals surface area (Å²) in [6, 6.07) is 0. The average molecular weight is 115 g/mol. The van der Waals surface area contributed by atoms with E-state index in [4.69, 9.17) is 11.6 Å². The van der Waals surface area contributed by atoms with Crippen LogP contribution >= 0.6 is 11.6 Å². The molecular weight excluding hydrogens is 108 g/mol. The van der Waals surface area contributed by atoms with Crippen molar-refractivity contribution in [3.8, 4) is 11.3 Å². The first kappa shape index (κ1) is 9.79. The molecular formula is C4H7ClMg. The third-order valence-corrected chi connectivity index (χ3v) is 0.377. The molecule has 0 aromatic rings. The predicted octanol–water partition coefficient (Wildman–Crippen LogP) is 0.680. The van der Waals surface area contributed by atoms with Crippen LogP contribution in [0.4, 0.5) is 0 Å². The molecule has 0 nitrogen and oxygen atoms in total. The van der Waals surface area contributed by atoms with Crippen molar-refractivity contribution >= 4 is 34.7 Å². The molecule has 6 heavy (non-hydrogen) atoms. The summed E-state index contributed by atoms with van der Waals surface area (Å²) in [6.45, 7) is 1.95. The zero-order chi connectivity index (χ0) is 4.12. The number of hydrogen-bond donors (Lipinski definition) is 0. The fourth-order valence-electron chi connectivity index (χ4n) is 0.0668. The maximum absolute atomic E-state index is 4.94. The zero-order valence-corrected chi connectivity index (χ0v) is 3.84. The minimum absolute atomic E-state index is 0. The summed E-state index contributed by atoms with van der Waals surface area (Å²) in [7, 11) is 0. The second-order valence-corrected chi connectivity index (χ2v) is 0.814. The van der Waals surface area contributed by atoms with E-state index >= 15 is 0 Å². The summed E-state index contributed by atoms with van der Waals surface area (Å²) >= 11 is 4.94. The van der Waals surface area contributed by atoms with Crippen molar-refractivity contribution < 1.29 is 0 Å². The number of halogens is 1. The Morgan fingerprint density at radius 1 is 1.67 bits per heavy atom. The van der Waals surface area contributed by atoms with Gasteiger partial charge >= 0.3 is 23.1 Å². The second-order valence-electron chi connectivity index (χ2n) is 0.625. The fraction of sp³-hybridized carbons (Fsp3) is 0.500. The topological polar surface area (TPSA) is 0 Å². The van der Waals surface area contributed by atoms with E-state index in [1.165, 1.54) is 0 Å². The maximum Gasteiger partial charge on any atom is 0.316 e. The Labute approximate surface area is 59.4 Å². The van der Waals surface area contributed by atoms with Gasteiger partial charge < -0.3 is 0 Å². The van der Waals surface area contributed by atoms with Crippen molar-refractivity contribution in [2.24, 2.45) is 0 Å². The molecule has 0 rings (SSSR count). The molecule has 0 atom stereocenters. The molecule has 0 N–H and O–H groups in total. The van der Waals surface area contributed by atoms with Crippen LogP contribution in [0.25, 0.3) is 0 Å². The van der Waals surface area contributed by atoms with Gasteiger partial charge in [-0.05, 0) is 11.6 Å². The van der Waals surface area contributed by atoms with Crippen molar-refractivity contribution in [3.63, 3.8) is 0 Å². The normalized spacial score (nSPS) is 4.33. The summed E-state index contributed by atoms with van der Waals surface area (Å²) in [4.78, 5) is 0. The van der Waals surface area contributed by atoms with Crippen molar-refractivity contribution in [1.82, 2.24) is 0 Å². The van der Waals surface area contributed by atoms with Gasteiger partial charge in [-0.2, -0.15) is 0 Å². The van der Waals surface area contributed by atoms with Crippen LogP contribution in [0, 0.1) is 11.3 Å². The third kappa shape index (κ3) is 8.82. The van der Waals surface area contributed by atoms with Crippen molar-refractivity contribution in [1.29, 1.82) is 0 Å². The summed E-state index contributed by atoms with van der Waals surface area (Å²) in [5.74, 6) is 2.63. The molecule has 0 aromatic heterocycles. The molecule has 0 radical (unpaired) electrons. The minimum Gasteiger partial charge on any atom is -0.0862 e. The first-order valence-corrected chi connectivity index (χ1v) is 1.88. The van der Waals surface area contributed by atoms with E-state index in [9.17, 15) is 0 Å². The quantitative estimate of drug-likeness (QED) is 0.321. The summed E-state index contributed by atoms with van der Waals surface area (Å²) in [5, 5.41) is 2.24. The third-order valence-electron chi connectivity index (χ3n) is 0.244. The van der Waals surface area contributed by atoms with Gasteiger partial charge in [0.25, 0.3) is 0 Å². The highest BCUT2D eigenvalue weighted by molar-refractivity contribution is 6.30. The fourth-order valence-corrected chi connectivity index (χ4v) is 0.200. The molecule has 0 bridgehead atoms. The highest BCUT2D eigenvalue weighted by Crippen LogP contribution is 1.67. The smallest absolute Gasteiger partial charge is 0.0862 e. The molecule has 0 aliphatic carbocycles. The standard InChI is InChI=1S/C4H5Cl.Mg.2H/c1-2-3-4-5;;;/h2H2,1H3;;;.